The van der Waals surface area contributed by atoms with Crippen molar-refractivity contribution < 1.29 is 4.74 Å². The summed E-state index contributed by atoms with van der Waals surface area (Å²) < 4.78 is 5.45. The number of nitrogens with one attached hydrogen (secondary N) is 1. The number of guanidine groups is 1. The molecule has 0 saturated carbocycles. The number of rotatable bonds is 4. The number of hydrogen-bond acceptors (Lipinski definition) is 4. The first-order valence-electron chi connectivity index (χ1n) is 6.86. The van der Waals surface area contributed by atoms with Crippen LogP contribution in [-0.2, 0) is 4.74 Å². The van der Waals surface area contributed by atoms with Crippen LogP contribution in [0.15, 0.2) is 29.4 Å². The summed E-state index contributed by atoms with van der Waals surface area (Å²) in [6.07, 6.45) is 3.66. The molecule has 0 spiro atoms. The molecular formula is C14H24IN5O. The standard InChI is InChI=1S/C14H23N5O.HI/c1-19(2)14(6-9-20-10-7-14)11-17-13(15)18-12-5-3-4-8-16-12;/h3-5,8H,6-7,9-11H2,1-2H3,(H3,15,16,17,18);1H. The lowest BCUT2D eigenvalue weighted by Crippen LogP contribution is -2.51. The van der Waals surface area contributed by atoms with Crippen molar-refractivity contribution in [3.05, 3.63) is 24.4 Å². The topological polar surface area (TPSA) is 75.8 Å². The zero-order valence-corrected chi connectivity index (χ0v) is 14.9. The molecule has 0 atom stereocenters. The van der Waals surface area contributed by atoms with Gasteiger partial charge in [-0.25, -0.2) is 4.98 Å². The van der Waals surface area contributed by atoms with E-state index in [-0.39, 0.29) is 29.5 Å². The third-order valence-corrected chi connectivity index (χ3v) is 3.84. The van der Waals surface area contributed by atoms with Crippen LogP contribution >= 0.6 is 24.0 Å². The average Bonchev–Trinajstić information content (AvgIpc) is 2.47. The zero-order valence-electron chi connectivity index (χ0n) is 12.6. The molecule has 1 fully saturated rings. The van der Waals surface area contributed by atoms with Gasteiger partial charge < -0.3 is 20.7 Å². The Morgan fingerprint density at radius 3 is 2.71 bits per heavy atom. The molecule has 0 aromatic carbocycles. The molecule has 0 radical (unpaired) electrons. The van der Waals surface area contributed by atoms with Crippen LogP contribution in [0.25, 0.3) is 0 Å². The van der Waals surface area contributed by atoms with Crippen LogP contribution in [0.5, 0.6) is 0 Å². The van der Waals surface area contributed by atoms with E-state index in [1.807, 2.05) is 18.2 Å². The van der Waals surface area contributed by atoms with Gasteiger partial charge >= 0.3 is 0 Å². The fourth-order valence-corrected chi connectivity index (χ4v) is 2.34. The van der Waals surface area contributed by atoms with E-state index in [0.717, 1.165) is 26.1 Å². The Labute approximate surface area is 143 Å². The van der Waals surface area contributed by atoms with Crippen molar-refractivity contribution in [2.45, 2.75) is 18.4 Å². The van der Waals surface area contributed by atoms with Crippen LogP contribution in [-0.4, -0.2) is 55.2 Å². The van der Waals surface area contributed by atoms with E-state index in [1.54, 1.807) is 6.20 Å². The third-order valence-electron chi connectivity index (χ3n) is 3.84. The van der Waals surface area contributed by atoms with Crippen molar-refractivity contribution in [3.8, 4) is 0 Å². The lowest BCUT2D eigenvalue weighted by Gasteiger charge is -2.41. The molecule has 21 heavy (non-hydrogen) atoms. The van der Waals surface area contributed by atoms with Gasteiger partial charge in [-0.05, 0) is 39.1 Å². The molecule has 0 amide bonds. The van der Waals surface area contributed by atoms with Crippen molar-refractivity contribution in [1.29, 1.82) is 0 Å². The van der Waals surface area contributed by atoms with Gasteiger partial charge in [0.05, 0.1) is 6.54 Å². The maximum Gasteiger partial charge on any atom is 0.194 e. The lowest BCUT2D eigenvalue weighted by molar-refractivity contribution is -0.00249. The van der Waals surface area contributed by atoms with Gasteiger partial charge in [-0.1, -0.05) is 6.07 Å². The van der Waals surface area contributed by atoms with E-state index in [0.29, 0.717) is 18.3 Å². The molecule has 7 heteroatoms. The largest absolute Gasteiger partial charge is 0.381 e. The minimum atomic E-state index is 0. The fourth-order valence-electron chi connectivity index (χ4n) is 2.34. The number of anilines is 1. The van der Waals surface area contributed by atoms with Crippen molar-refractivity contribution in [1.82, 2.24) is 9.88 Å². The van der Waals surface area contributed by atoms with Crippen molar-refractivity contribution in [2.75, 3.05) is 39.2 Å². The molecule has 1 aromatic heterocycles. The quantitative estimate of drug-likeness (QED) is 0.452. The lowest BCUT2D eigenvalue weighted by atomic mass is 9.89. The molecule has 6 nitrogen and oxygen atoms in total. The highest BCUT2D eigenvalue weighted by Gasteiger charge is 2.34. The number of nitrogens with zero attached hydrogens (tertiary/aromatic N) is 3. The summed E-state index contributed by atoms with van der Waals surface area (Å²) in [5.41, 5.74) is 5.97. The van der Waals surface area contributed by atoms with Gasteiger partial charge in [0.15, 0.2) is 5.96 Å². The first kappa shape index (κ1) is 18.1. The monoisotopic (exact) mass is 405 g/mol. The summed E-state index contributed by atoms with van der Waals surface area (Å²) in [4.78, 5) is 10.9. The number of likely N-dealkylation sites (N-methyl/N-ethyl adjacent to an activating group) is 1. The van der Waals surface area contributed by atoms with E-state index in [1.165, 1.54) is 0 Å². The van der Waals surface area contributed by atoms with E-state index < -0.39 is 0 Å². The van der Waals surface area contributed by atoms with Gasteiger partial charge in [0.1, 0.15) is 5.82 Å². The predicted octanol–water partition coefficient (Wildman–Crippen LogP) is 1.54. The maximum atomic E-state index is 5.93. The molecule has 2 heterocycles. The van der Waals surface area contributed by atoms with Gasteiger partial charge in [-0.3, -0.25) is 4.99 Å². The normalized spacial score (nSPS) is 18.1. The molecule has 2 rings (SSSR count). The Morgan fingerprint density at radius 1 is 1.43 bits per heavy atom. The molecule has 1 aliphatic rings. The molecular weight excluding hydrogens is 381 g/mol. The van der Waals surface area contributed by atoms with Crippen molar-refractivity contribution in [2.24, 2.45) is 10.7 Å². The number of ether oxygens (including phenoxy) is 1. The summed E-state index contributed by atoms with van der Waals surface area (Å²) in [7, 11) is 4.17. The molecule has 0 unspecified atom stereocenters. The summed E-state index contributed by atoms with van der Waals surface area (Å²) in [6, 6.07) is 5.63. The highest BCUT2D eigenvalue weighted by Crippen LogP contribution is 2.26. The van der Waals surface area contributed by atoms with E-state index in [4.69, 9.17) is 10.5 Å². The van der Waals surface area contributed by atoms with Crippen molar-refractivity contribution in [3.63, 3.8) is 0 Å². The van der Waals surface area contributed by atoms with Gasteiger partial charge in [0.25, 0.3) is 0 Å². The highest BCUT2D eigenvalue weighted by atomic mass is 127. The Bertz CT molecular complexity index is 446. The smallest absolute Gasteiger partial charge is 0.194 e. The van der Waals surface area contributed by atoms with Gasteiger partial charge in [0.2, 0.25) is 0 Å². The predicted molar refractivity (Wildman–Crippen MR) is 96.2 cm³/mol. The van der Waals surface area contributed by atoms with Crippen LogP contribution in [0.3, 0.4) is 0 Å². The number of aromatic nitrogens is 1. The number of halogens is 1. The minimum absolute atomic E-state index is 0. The molecule has 118 valence electrons. The Balaban J connectivity index is 0.00000220. The molecule has 0 bridgehead atoms. The van der Waals surface area contributed by atoms with Crippen LogP contribution < -0.4 is 11.1 Å². The molecule has 3 N–H and O–H groups in total. The highest BCUT2D eigenvalue weighted by molar-refractivity contribution is 14.0. The number of aliphatic imine (C=N–C) groups is 1. The maximum absolute atomic E-state index is 5.93. The van der Waals surface area contributed by atoms with Crippen LogP contribution in [0.4, 0.5) is 5.82 Å². The van der Waals surface area contributed by atoms with Crippen LogP contribution in [0, 0.1) is 0 Å². The van der Waals surface area contributed by atoms with Gasteiger partial charge in [-0.15, -0.1) is 24.0 Å². The van der Waals surface area contributed by atoms with Gasteiger partial charge in [-0.2, -0.15) is 0 Å². The second-order valence-electron chi connectivity index (χ2n) is 5.27. The van der Waals surface area contributed by atoms with E-state index >= 15 is 0 Å². The summed E-state index contributed by atoms with van der Waals surface area (Å²) >= 11 is 0. The Morgan fingerprint density at radius 2 is 2.14 bits per heavy atom. The second kappa shape index (κ2) is 8.50. The molecule has 1 saturated heterocycles. The van der Waals surface area contributed by atoms with E-state index in [2.05, 4.69) is 34.3 Å². The molecule has 1 aliphatic heterocycles. The number of pyridine rings is 1. The zero-order chi connectivity index (χ0) is 14.4. The van der Waals surface area contributed by atoms with Crippen LogP contribution in [0.1, 0.15) is 12.8 Å². The Kier molecular flexibility index (Phi) is 7.33. The van der Waals surface area contributed by atoms with Gasteiger partial charge in [0, 0.05) is 24.9 Å². The first-order valence-corrected chi connectivity index (χ1v) is 6.86. The number of hydrogen-bond donors (Lipinski definition) is 2. The summed E-state index contributed by atoms with van der Waals surface area (Å²) in [5, 5.41) is 3.00. The fraction of sp³-hybridized carbons (Fsp3) is 0.571. The van der Waals surface area contributed by atoms with Crippen LogP contribution in [0.2, 0.25) is 0 Å². The van der Waals surface area contributed by atoms with E-state index in [9.17, 15) is 0 Å². The average molecular weight is 405 g/mol. The molecule has 1 aromatic rings. The summed E-state index contributed by atoms with van der Waals surface area (Å²) in [5.74, 6) is 1.11. The third kappa shape index (κ3) is 5.08. The minimum Gasteiger partial charge on any atom is -0.381 e. The number of nitrogens with two attached hydrogens (primary N) is 1. The SMILES string of the molecule is CN(C)C1(CN=C(N)Nc2ccccn2)CCOCC1.I. The molecule has 0 aliphatic carbocycles. The second-order valence-corrected chi connectivity index (χ2v) is 5.27. The van der Waals surface area contributed by atoms with Crippen molar-refractivity contribution >= 4 is 35.8 Å². The first-order chi connectivity index (χ1) is 9.62. The summed E-state index contributed by atoms with van der Waals surface area (Å²) in [6.45, 7) is 2.22. The Hall–Kier alpha value is -0.930.